The van der Waals surface area contributed by atoms with Crippen molar-refractivity contribution in [1.82, 2.24) is 9.78 Å². The number of carbonyl (C=O) groups is 1. The molecule has 0 amide bonds. The first kappa shape index (κ1) is 12.9. The number of aromatic carboxylic acids is 1. The molecule has 1 aromatic heterocycles. The van der Waals surface area contributed by atoms with Crippen LogP contribution in [0.5, 0.6) is 5.75 Å². The maximum absolute atomic E-state index is 11.3. The molecule has 1 aromatic carbocycles. The Morgan fingerprint density at radius 2 is 2.26 bits per heavy atom. The number of benzene rings is 1. The van der Waals surface area contributed by atoms with Crippen LogP contribution in [0.2, 0.25) is 0 Å². The molecular weight excluding hydrogens is 246 g/mol. The van der Waals surface area contributed by atoms with E-state index in [2.05, 4.69) is 10.4 Å². The summed E-state index contributed by atoms with van der Waals surface area (Å²) in [4.78, 5) is 11.3. The lowest BCUT2D eigenvalue weighted by Gasteiger charge is -2.14. The molecule has 0 aliphatic carbocycles. The fraction of sp³-hybridized carbons (Fsp3) is 0.231. The third-order valence-electron chi connectivity index (χ3n) is 2.75. The van der Waals surface area contributed by atoms with Crippen LogP contribution in [-0.4, -0.2) is 28.0 Å². The van der Waals surface area contributed by atoms with Crippen LogP contribution in [0, 0.1) is 0 Å². The van der Waals surface area contributed by atoms with Crippen LogP contribution in [-0.2, 0) is 6.54 Å². The summed E-state index contributed by atoms with van der Waals surface area (Å²) in [5.41, 5.74) is 0.580. The summed E-state index contributed by atoms with van der Waals surface area (Å²) < 4.78 is 6.94. The Hall–Kier alpha value is -2.50. The van der Waals surface area contributed by atoms with Crippen molar-refractivity contribution in [3.63, 3.8) is 0 Å². The van der Waals surface area contributed by atoms with Crippen LogP contribution in [0.4, 0.5) is 11.5 Å². The van der Waals surface area contributed by atoms with Crippen LogP contribution < -0.4 is 10.1 Å². The normalized spacial score (nSPS) is 10.2. The molecule has 0 atom stereocenters. The first-order valence-electron chi connectivity index (χ1n) is 5.86. The Labute approximate surface area is 110 Å². The Kier molecular flexibility index (Phi) is 3.70. The second-order valence-corrected chi connectivity index (χ2v) is 3.85. The predicted octanol–water partition coefficient (Wildman–Crippen LogP) is 2.35. The molecule has 0 saturated heterocycles. The van der Waals surface area contributed by atoms with Crippen molar-refractivity contribution in [3.05, 3.63) is 36.0 Å². The monoisotopic (exact) mass is 261 g/mol. The van der Waals surface area contributed by atoms with E-state index >= 15 is 0 Å². The highest BCUT2D eigenvalue weighted by Crippen LogP contribution is 2.31. The van der Waals surface area contributed by atoms with Crippen molar-refractivity contribution in [2.45, 2.75) is 13.5 Å². The molecule has 0 saturated carbocycles. The highest BCUT2D eigenvalue weighted by atomic mass is 16.5. The number of para-hydroxylation sites is 1. The molecule has 2 rings (SSSR count). The van der Waals surface area contributed by atoms with Gasteiger partial charge in [0.2, 0.25) is 0 Å². The summed E-state index contributed by atoms with van der Waals surface area (Å²) in [6.07, 6.45) is 1.65. The number of carboxylic acids is 1. The molecule has 1 heterocycles. The first-order valence-corrected chi connectivity index (χ1v) is 5.86. The molecular formula is C13H15N3O3. The molecule has 100 valence electrons. The van der Waals surface area contributed by atoms with E-state index in [9.17, 15) is 9.90 Å². The van der Waals surface area contributed by atoms with Gasteiger partial charge in [0.05, 0.1) is 24.6 Å². The van der Waals surface area contributed by atoms with Gasteiger partial charge in [-0.05, 0) is 19.1 Å². The van der Waals surface area contributed by atoms with Gasteiger partial charge in [0, 0.05) is 12.6 Å². The second kappa shape index (κ2) is 5.43. The Bertz CT molecular complexity index is 593. The summed E-state index contributed by atoms with van der Waals surface area (Å²) in [6, 6.07) is 6.66. The van der Waals surface area contributed by atoms with E-state index in [1.165, 1.54) is 13.2 Å². The van der Waals surface area contributed by atoms with E-state index in [4.69, 9.17) is 4.74 Å². The Balaban J connectivity index is 2.46. The maximum atomic E-state index is 11.3. The van der Waals surface area contributed by atoms with Crippen molar-refractivity contribution in [3.8, 4) is 5.75 Å². The maximum Gasteiger partial charge on any atom is 0.337 e. The smallest absolute Gasteiger partial charge is 0.337 e. The van der Waals surface area contributed by atoms with Gasteiger partial charge in [-0.1, -0.05) is 6.07 Å². The zero-order valence-electron chi connectivity index (χ0n) is 10.8. The lowest BCUT2D eigenvalue weighted by atomic mass is 10.1. The zero-order valence-corrected chi connectivity index (χ0v) is 10.8. The molecule has 19 heavy (non-hydrogen) atoms. The number of aryl methyl sites for hydroxylation is 1. The van der Waals surface area contributed by atoms with Crippen LogP contribution in [0.25, 0.3) is 0 Å². The number of nitrogens with one attached hydrogen (secondary N) is 1. The largest absolute Gasteiger partial charge is 0.495 e. The number of rotatable bonds is 5. The van der Waals surface area contributed by atoms with Crippen LogP contribution >= 0.6 is 0 Å². The van der Waals surface area contributed by atoms with E-state index in [0.29, 0.717) is 18.0 Å². The van der Waals surface area contributed by atoms with Crippen LogP contribution in [0.3, 0.4) is 0 Å². The quantitative estimate of drug-likeness (QED) is 0.864. The molecule has 2 aromatic rings. The summed E-state index contributed by atoms with van der Waals surface area (Å²) in [7, 11) is 1.50. The molecule has 6 heteroatoms. The van der Waals surface area contributed by atoms with E-state index in [0.717, 1.165) is 5.82 Å². The van der Waals surface area contributed by atoms with Gasteiger partial charge in [0.1, 0.15) is 11.6 Å². The van der Waals surface area contributed by atoms with Gasteiger partial charge in [-0.25, -0.2) is 9.48 Å². The molecule has 0 fully saturated rings. The minimum absolute atomic E-state index is 0.156. The first-order chi connectivity index (χ1) is 9.17. The van der Waals surface area contributed by atoms with Gasteiger partial charge in [-0.2, -0.15) is 5.10 Å². The van der Waals surface area contributed by atoms with Crippen molar-refractivity contribution in [2.24, 2.45) is 0 Å². The molecule has 0 spiro atoms. The predicted molar refractivity (Wildman–Crippen MR) is 71.1 cm³/mol. The summed E-state index contributed by atoms with van der Waals surface area (Å²) in [6.45, 7) is 2.64. The molecule has 0 aliphatic heterocycles. The van der Waals surface area contributed by atoms with Crippen LogP contribution in [0.1, 0.15) is 17.3 Å². The molecule has 0 unspecified atom stereocenters. The van der Waals surface area contributed by atoms with Crippen molar-refractivity contribution < 1.29 is 14.6 Å². The number of aromatic nitrogens is 2. The van der Waals surface area contributed by atoms with Gasteiger partial charge in [0.15, 0.2) is 0 Å². The van der Waals surface area contributed by atoms with Crippen LogP contribution in [0.15, 0.2) is 30.5 Å². The third-order valence-corrected chi connectivity index (χ3v) is 2.75. The topological polar surface area (TPSA) is 76.4 Å². The van der Waals surface area contributed by atoms with Gasteiger partial charge >= 0.3 is 5.97 Å². The minimum atomic E-state index is -1.01. The SMILES string of the molecule is CCn1nccc1Nc1c(OC)cccc1C(=O)O. The highest BCUT2D eigenvalue weighted by Gasteiger charge is 2.16. The van der Waals surface area contributed by atoms with Gasteiger partial charge in [-0.15, -0.1) is 0 Å². The van der Waals surface area contributed by atoms with Crippen molar-refractivity contribution in [1.29, 1.82) is 0 Å². The third kappa shape index (κ3) is 2.52. The van der Waals surface area contributed by atoms with Gasteiger partial charge in [0.25, 0.3) is 0 Å². The lowest BCUT2D eigenvalue weighted by molar-refractivity contribution is 0.0697. The molecule has 0 aliphatic rings. The lowest BCUT2D eigenvalue weighted by Crippen LogP contribution is -2.08. The number of carboxylic acid groups (broad SMARTS) is 1. The van der Waals surface area contributed by atoms with Crippen molar-refractivity contribution >= 4 is 17.5 Å². The average Bonchev–Trinajstić information content (AvgIpc) is 2.86. The number of ether oxygens (including phenoxy) is 1. The highest BCUT2D eigenvalue weighted by molar-refractivity contribution is 5.96. The number of hydrogen-bond acceptors (Lipinski definition) is 4. The second-order valence-electron chi connectivity index (χ2n) is 3.85. The van der Waals surface area contributed by atoms with E-state index in [1.807, 2.05) is 6.92 Å². The van der Waals surface area contributed by atoms with E-state index in [1.54, 1.807) is 29.1 Å². The number of methoxy groups -OCH3 is 1. The summed E-state index contributed by atoms with van der Waals surface area (Å²) in [5, 5.41) is 16.4. The number of anilines is 2. The molecule has 0 bridgehead atoms. The summed E-state index contributed by atoms with van der Waals surface area (Å²) >= 11 is 0. The number of hydrogen-bond donors (Lipinski definition) is 2. The molecule has 0 radical (unpaired) electrons. The standard InChI is InChI=1S/C13H15N3O3/c1-3-16-11(7-8-14-16)15-12-9(13(17)18)5-4-6-10(12)19-2/h4-8,15H,3H2,1-2H3,(H,17,18). The zero-order chi connectivity index (χ0) is 13.8. The Morgan fingerprint density at radius 3 is 2.89 bits per heavy atom. The fourth-order valence-electron chi connectivity index (χ4n) is 1.83. The molecule has 6 nitrogen and oxygen atoms in total. The van der Waals surface area contributed by atoms with E-state index < -0.39 is 5.97 Å². The van der Waals surface area contributed by atoms with Gasteiger partial charge < -0.3 is 15.2 Å². The molecule has 2 N–H and O–H groups in total. The minimum Gasteiger partial charge on any atom is -0.495 e. The van der Waals surface area contributed by atoms with E-state index in [-0.39, 0.29) is 5.56 Å². The van der Waals surface area contributed by atoms with Crippen molar-refractivity contribution in [2.75, 3.05) is 12.4 Å². The average molecular weight is 261 g/mol. The van der Waals surface area contributed by atoms with Gasteiger partial charge in [-0.3, -0.25) is 0 Å². The Morgan fingerprint density at radius 1 is 1.47 bits per heavy atom. The number of nitrogens with zero attached hydrogens (tertiary/aromatic N) is 2. The summed E-state index contributed by atoms with van der Waals surface area (Å²) in [5.74, 6) is 0.183. The fourth-order valence-corrected chi connectivity index (χ4v) is 1.83.